The minimum atomic E-state index is 0.794. The summed E-state index contributed by atoms with van der Waals surface area (Å²) in [6.07, 6.45) is 1.13. The van der Waals surface area contributed by atoms with Crippen LogP contribution in [0.2, 0.25) is 5.02 Å². The normalized spacial score (nSPS) is 10.9. The van der Waals surface area contributed by atoms with Crippen molar-refractivity contribution < 1.29 is 0 Å². The maximum atomic E-state index is 6.05. The van der Waals surface area contributed by atoms with E-state index >= 15 is 0 Å². The first-order valence-corrected chi connectivity index (χ1v) is 7.36. The number of rotatable bonds is 6. The molecule has 0 atom stereocenters. The molecule has 0 radical (unpaired) electrons. The number of halogens is 1. The molecule has 0 bridgehead atoms. The molecule has 2 aromatic carbocycles. The molecule has 2 nitrogen and oxygen atoms in total. The number of nitrogens with zero attached hydrogens (tertiary/aromatic N) is 1. The molecule has 2 rings (SSSR count). The van der Waals surface area contributed by atoms with Crippen LogP contribution in [0.3, 0.4) is 0 Å². The third-order valence-electron chi connectivity index (χ3n) is 3.19. The van der Waals surface area contributed by atoms with Crippen LogP contribution in [0.25, 0.3) is 0 Å². The fraction of sp³-hybridized carbons (Fsp3) is 0.294. The second-order valence-corrected chi connectivity index (χ2v) is 5.52. The van der Waals surface area contributed by atoms with Crippen molar-refractivity contribution in [1.82, 2.24) is 4.90 Å². The molecule has 106 valence electrons. The van der Waals surface area contributed by atoms with E-state index in [9.17, 15) is 0 Å². The lowest BCUT2D eigenvalue weighted by Crippen LogP contribution is -2.23. The van der Waals surface area contributed by atoms with Crippen LogP contribution >= 0.6 is 11.6 Å². The molecule has 2 N–H and O–H groups in total. The van der Waals surface area contributed by atoms with Crippen LogP contribution in [0, 0.1) is 0 Å². The molecule has 0 aliphatic carbocycles. The topological polar surface area (TPSA) is 29.3 Å². The third-order valence-corrected chi connectivity index (χ3v) is 3.43. The summed E-state index contributed by atoms with van der Waals surface area (Å²) < 4.78 is 0. The summed E-state index contributed by atoms with van der Waals surface area (Å²) in [7, 11) is 0. The zero-order chi connectivity index (χ0) is 14.4. The zero-order valence-corrected chi connectivity index (χ0v) is 12.6. The maximum Gasteiger partial charge on any atom is 0.0409 e. The summed E-state index contributed by atoms with van der Waals surface area (Å²) in [6, 6.07) is 16.2. The van der Waals surface area contributed by atoms with Crippen LogP contribution < -0.4 is 5.73 Å². The lowest BCUT2D eigenvalue weighted by molar-refractivity contribution is 0.257. The second-order valence-electron chi connectivity index (χ2n) is 5.09. The highest BCUT2D eigenvalue weighted by Gasteiger charge is 2.07. The van der Waals surface area contributed by atoms with Gasteiger partial charge >= 0.3 is 0 Å². The second kappa shape index (κ2) is 7.32. The number of hydrogen-bond acceptors (Lipinski definition) is 2. The first kappa shape index (κ1) is 14.9. The van der Waals surface area contributed by atoms with Gasteiger partial charge in [-0.1, -0.05) is 42.8 Å². The van der Waals surface area contributed by atoms with E-state index in [1.54, 1.807) is 0 Å². The summed E-state index contributed by atoms with van der Waals surface area (Å²) in [5, 5.41) is 0.794. The first-order chi connectivity index (χ1) is 9.67. The van der Waals surface area contributed by atoms with Crippen molar-refractivity contribution >= 4 is 17.3 Å². The highest BCUT2D eigenvalue weighted by Crippen LogP contribution is 2.16. The van der Waals surface area contributed by atoms with Crippen LogP contribution in [-0.4, -0.2) is 11.4 Å². The van der Waals surface area contributed by atoms with Gasteiger partial charge in [0.15, 0.2) is 0 Å². The van der Waals surface area contributed by atoms with Gasteiger partial charge in [-0.05, 0) is 48.4 Å². The predicted octanol–water partition coefficient (Wildman–Crippen LogP) is 4.33. The SMILES string of the molecule is CCCN(Cc1cccc(N)c1)Cc1cccc(Cl)c1. The molecule has 2 aromatic rings. The molecule has 0 fully saturated rings. The van der Waals surface area contributed by atoms with Crippen molar-refractivity contribution in [2.24, 2.45) is 0 Å². The molecule has 0 spiro atoms. The Labute approximate surface area is 126 Å². The molecule has 0 saturated heterocycles. The van der Waals surface area contributed by atoms with Crippen molar-refractivity contribution in [2.45, 2.75) is 26.4 Å². The van der Waals surface area contributed by atoms with Crippen molar-refractivity contribution in [3.8, 4) is 0 Å². The Hall–Kier alpha value is -1.51. The molecular formula is C17H21ClN2. The molecule has 0 aliphatic rings. The predicted molar refractivity (Wildman–Crippen MR) is 86.7 cm³/mol. The smallest absolute Gasteiger partial charge is 0.0409 e. The van der Waals surface area contributed by atoms with Crippen molar-refractivity contribution in [1.29, 1.82) is 0 Å². The van der Waals surface area contributed by atoms with Gasteiger partial charge in [0.1, 0.15) is 0 Å². The van der Waals surface area contributed by atoms with Crippen LogP contribution in [0.4, 0.5) is 5.69 Å². The number of hydrogen-bond donors (Lipinski definition) is 1. The largest absolute Gasteiger partial charge is 0.399 e. The Morgan fingerprint density at radius 1 is 1.00 bits per heavy atom. The minimum Gasteiger partial charge on any atom is -0.399 e. The van der Waals surface area contributed by atoms with Crippen LogP contribution in [-0.2, 0) is 13.1 Å². The Balaban J connectivity index is 2.07. The number of nitrogens with two attached hydrogens (primary N) is 1. The van der Waals surface area contributed by atoms with E-state index in [1.165, 1.54) is 11.1 Å². The van der Waals surface area contributed by atoms with Gasteiger partial charge in [-0.25, -0.2) is 0 Å². The Morgan fingerprint density at radius 2 is 1.65 bits per heavy atom. The molecule has 3 heteroatoms. The molecule has 0 unspecified atom stereocenters. The molecule has 0 heterocycles. The third kappa shape index (κ3) is 4.55. The van der Waals surface area contributed by atoms with E-state index in [-0.39, 0.29) is 0 Å². The van der Waals surface area contributed by atoms with E-state index in [2.05, 4.69) is 24.0 Å². The van der Waals surface area contributed by atoms with Crippen LogP contribution in [0.15, 0.2) is 48.5 Å². The lowest BCUT2D eigenvalue weighted by atomic mass is 10.1. The van der Waals surface area contributed by atoms with E-state index in [4.69, 9.17) is 17.3 Å². The number of nitrogen functional groups attached to an aromatic ring is 1. The van der Waals surface area contributed by atoms with Crippen molar-refractivity contribution in [3.05, 3.63) is 64.7 Å². The quantitative estimate of drug-likeness (QED) is 0.802. The van der Waals surface area contributed by atoms with E-state index < -0.39 is 0 Å². The van der Waals surface area contributed by atoms with Crippen LogP contribution in [0.5, 0.6) is 0 Å². The standard InChI is InChI=1S/C17H21ClN2/c1-2-9-20(12-14-5-3-7-16(18)10-14)13-15-6-4-8-17(19)11-15/h3-8,10-11H,2,9,12-13,19H2,1H3. The van der Waals surface area contributed by atoms with E-state index in [0.717, 1.165) is 36.8 Å². The molecule has 0 aromatic heterocycles. The van der Waals surface area contributed by atoms with Crippen LogP contribution in [0.1, 0.15) is 24.5 Å². The Morgan fingerprint density at radius 3 is 2.25 bits per heavy atom. The zero-order valence-electron chi connectivity index (χ0n) is 11.8. The highest BCUT2D eigenvalue weighted by molar-refractivity contribution is 6.30. The van der Waals surface area contributed by atoms with Gasteiger partial charge in [-0.2, -0.15) is 0 Å². The van der Waals surface area contributed by atoms with Gasteiger partial charge in [0.05, 0.1) is 0 Å². The fourth-order valence-electron chi connectivity index (χ4n) is 2.37. The minimum absolute atomic E-state index is 0.794. The van der Waals surface area contributed by atoms with Gasteiger partial charge in [-0.3, -0.25) is 4.90 Å². The number of benzene rings is 2. The molecule has 20 heavy (non-hydrogen) atoms. The number of anilines is 1. The summed E-state index contributed by atoms with van der Waals surface area (Å²) >= 11 is 6.05. The molecule has 0 saturated carbocycles. The summed E-state index contributed by atoms with van der Waals surface area (Å²) in [4.78, 5) is 2.42. The molecular weight excluding hydrogens is 268 g/mol. The average molecular weight is 289 g/mol. The van der Waals surface area contributed by atoms with Crippen molar-refractivity contribution in [3.63, 3.8) is 0 Å². The van der Waals surface area contributed by atoms with Crippen molar-refractivity contribution in [2.75, 3.05) is 12.3 Å². The monoisotopic (exact) mass is 288 g/mol. The summed E-state index contributed by atoms with van der Waals surface area (Å²) in [5.74, 6) is 0. The Kier molecular flexibility index (Phi) is 5.45. The van der Waals surface area contributed by atoms with E-state index in [1.807, 2.05) is 36.4 Å². The molecule has 0 aliphatic heterocycles. The maximum absolute atomic E-state index is 6.05. The fourth-order valence-corrected chi connectivity index (χ4v) is 2.59. The lowest BCUT2D eigenvalue weighted by Gasteiger charge is -2.22. The average Bonchev–Trinajstić information content (AvgIpc) is 2.39. The van der Waals surface area contributed by atoms with Gasteiger partial charge in [0.2, 0.25) is 0 Å². The van der Waals surface area contributed by atoms with Gasteiger partial charge in [0.25, 0.3) is 0 Å². The van der Waals surface area contributed by atoms with Gasteiger partial charge in [-0.15, -0.1) is 0 Å². The highest BCUT2D eigenvalue weighted by atomic mass is 35.5. The van der Waals surface area contributed by atoms with Gasteiger partial charge < -0.3 is 5.73 Å². The summed E-state index contributed by atoms with van der Waals surface area (Å²) in [6.45, 7) is 5.07. The molecule has 0 amide bonds. The first-order valence-electron chi connectivity index (χ1n) is 6.98. The summed E-state index contributed by atoms with van der Waals surface area (Å²) in [5.41, 5.74) is 9.16. The van der Waals surface area contributed by atoms with E-state index in [0.29, 0.717) is 0 Å². The Bertz CT molecular complexity index is 507. The van der Waals surface area contributed by atoms with Gasteiger partial charge in [0, 0.05) is 23.8 Å².